The maximum atomic E-state index is 12.2. The normalized spacial score (nSPS) is 11.3. The number of hydrogen-bond donors (Lipinski definition) is 2. The first kappa shape index (κ1) is 19.3. The van der Waals surface area contributed by atoms with Gasteiger partial charge in [-0.05, 0) is 29.8 Å². The van der Waals surface area contributed by atoms with E-state index in [1.165, 1.54) is 6.92 Å². The van der Waals surface area contributed by atoms with E-state index in [1.807, 2.05) is 54.6 Å². The highest BCUT2D eigenvalue weighted by Gasteiger charge is 2.16. The summed E-state index contributed by atoms with van der Waals surface area (Å²) in [6.45, 7) is 2.18. The number of carbonyl (C=O) groups is 2. The Balaban J connectivity index is 1.77. The minimum absolute atomic E-state index is 0.147. The molecule has 0 radical (unpaired) electrons. The molecule has 2 amide bonds. The summed E-state index contributed by atoms with van der Waals surface area (Å²) in [6.07, 6.45) is 0.173. The van der Waals surface area contributed by atoms with Crippen LogP contribution in [-0.2, 0) is 9.59 Å². The molecule has 2 N–H and O–H groups in total. The Morgan fingerprint density at radius 2 is 1.65 bits per heavy atom. The maximum absolute atomic E-state index is 12.2. The van der Waals surface area contributed by atoms with Crippen molar-refractivity contribution in [3.8, 4) is 11.5 Å². The number of amides is 2. The van der Waals surface area contributed by atoms with Gasteiger partial charge in [-0.2, -0.15) is 0 Å². The van der Waals surface area contributed by atoms with E-state index < -0.39 is 0 Å². The van der Waals surface area contributed by atoms with Crippen molar-refractivity contribution in [1.82, 2.24) is 10.6 Å². The van der Waals surface area contributed by atoms with Gasteiger partial charge in [0.1, 0.15) is 18.1 Å². The Bertz CT molecular complexity index is 702. The molecule has 0 aliphatic heterocycles. The molecule has 6 heteroatoms. The molecule has 0 bridgehead atoms. The second-order valence-corrected chi connectivity index (χ2v) is 5.74. The number of hydrogen-bond acceptors (Lipinski definition) is 4. The summed E-state index contributed by atoms with van der Waals surface area (Å²) >= 11 is 0. The number of carbonyl (C=O) groups excluding carboxylic acids is 2. The van der Waals surface area contributed by atoms with Gasteiger partial charge in [0, 0.05) is 6.92 Å². The fourth-order valence-electron chi connectivity index (χ4n) is 2.47. The average molecular weight is 356 g/mol. The molecule has 2 aromatic rings. The Kier molecular flexibility index (Phi) is 7.49. The van der Waals surface area contributed by atoms with E-state index in [1.54, 1.807) is 7.11 Å². The molecule has 0 unspecified atom stereocenters. The number of methoxy groups -OCH3 is 1. The van der Waals surface area contributed by atoms with Crippen molar-refractivity contribution in [3.05, 3.63) is 60.2 Å². The van der Waals surface area contributed by atoms with Crippen molar-refractivity contribution in [2.24, 2.45) is 0 Å². The lowest BCUT2D eigenvalue weighted by atomic mass is 10.0. The maximum Gasteiger partial charge on any atom is 0.222 e. The summed E-state index contributed by atoms with van der Waals surface area (Å²) in [7, 11) is 1.61. The zero-order valence-electron chi connectivity index (χ0n) is 15.0. The quantitative estimate of drug-likeness (QED) is 0.677. The van der Waals surface area contributed by atoms with E-state index in [9.17, 15) is 9.59 Å². The van der Waals surface area contributed by atoms with Crippen molar-refractivity contribution < 1.29 is 19.1 Å². The smallest absolute Gasteiger partial charge is 0.222 e. The van der Waals surface area contributed by atoms with Crippen LogP contribution < -0.4 is 20.1 Å². The monoisotopic (exact) mass is 356 g/mol. The number of rotatable bonds is 9. The summed E-state index contributed by atoms with van der Waals surface area (Å²) in [6, 6.07) is 16.3. The molecule has 1 atom stereocenters. The predicted molar refractivity (Wildman–Crippen MR) is 99.1 cm³/mol. The molecule has 2 aromatic carbocycles. The second kappa shape index (κ2) is 10.1. The summed E-state index contributed by atoms with van der Waals surface area (Å²) in [5.41, 5.74) is 0.896. The SMILES string of the molecule is COc1ccc(OCCNC(=O)C[C@H](NC(C)=O)c2ccccc2)cc1. The zero-order chi connectivity index (χ0) is 18.8. The van der Waals surface area contributed by atoms with Gasteiger partial charge in [-0.25, -0.2) is 0 Å². The van der Waals surface area contributed by atoms with Crippen molar-refractivity contribution in [1.29, 1.82) is 0 Å². The second-order valence-electron chi connectivity index (χ2n) is 5.74. The predicted octanol–water partition coefficient (Wildman–Crippen LogP) is 2.46. The molecule has 0 aliphatic carbocycles. The molecule has 138 valence electrons. The van der Waals surface area contributed by atoms with Crippen LogP contribution in [-0.4, -0.2) is 32.1 Å². The molecule has 0 fully saturated rings. The van der Waals surface area contributed by atoms with Crippen molar-refractivity contribution >= 4 is 11.8 Å². The zero-order valence-corrected chi connectivity index (χ0v) is 15.0. The highest BCUT2D eigenvalue weighted by atomic mass is 16.5. The van der Waals surface area contributed by atoms with Crippen LogP contribution in [0.4, 0.5) is 0 Å². The van der Waals surface area contributed by atoms with Crippen molar-refractivity contribution in [2.75, 3.05) is 20.3 Å². The molecule has 0 heterocycles. The van der Waals surface area contributed by atoms with Crippen molar-refractivity contribution in [2.45, 2.75) is 19.4 Å². The fourth-order valence-corrected chi connectivity index (χ4v) is 2.47. The molecule has 26 heavy (non-hydrogen) atoms. The molecule has 0 saturated carbocycles. The van der Waals surface area contributed by atoms with E-state index in [0.29, 0.717) is 18.9 Å². The van der Waals surface area contributed by atoms with E-state index in [0.717, 1.165) is 11.3 Å². The molecule has 0 saturated heterocycles. The van der Waals surface area contributed by atoms with E-state index >= 15 is 0 Å². The summed E-state index contributed by atoms with van der Waals surface area (Å²) in [4.78, 5) is 23.6. The first-order chi connectivity index (χ1) is 12.6. The Labute approximate surface area is 153 Å². The number of benzene rings is 2. The minimum Gasteiger partial charge on any atom is -0.497 e. The molecule has 0 aromatic heterocycles. The first-order valence-electron chi connectivity index (χ1n) is 8.44. The molecule has 2 rings (SSSR count). The van der Waals surface area contributed by atoms with E-state index in [-0.39, 0.29) is 24.3 Å². The lowest BCUT2D eigenvalue weighted by Gasteiger charge is -2.18. The molecule has 0 spiro atoms. The minimum atomic E-state index is -0.351. The van der Waals surface area contributed by atoms with Crippen LogP contribution in [0.25, 0.3) is 0 Å². The van der Waals surface area contributed by atoms with Gasteiger partial charge < -0.3 is 20.1 Å². The Hall–Kier alpha value is -3.02. The molecular weight excluding hydrogens is 332 g/mol. The highest BCUT2D eigenvalue weighted by Crippen LogP contribution is 2.17. The van der Waals surface area contributed by atoms with Crippen LogP contribution >= 0.6 is 0 Å². The van der Waals surface area contributed by atoms with Crippen LogP contribution in [0.15, 0.2) is 54.6 Å². The highest BCUT2D eigenvalue weighted by molar-refractivity contribution is 5.79. The lowest BCUT2D eigenvalue weighted by Crippen LogP contribution is -2.34. The van der Waals surface area contributed by atoms with Gasteiger partial charge in [0.25, 0.3) is 0 Å². The summed E-state index contributed by atoms with van der Waals surface area (Å²) in [5.74, 6) is 1.15. The molecule has 0 aliphatic rings. The van der Waals surface area contributed by atoms with Crippen LogP contribution in [0.1, 0.15) is 24.9 Å². The third kappa shape index (κ3) is 6.47. The number of ether oxygens (including phenoxy) is 2. The summed E-state index contributed by atoms with van der Waals surface area (Å²) in [5, 5.41) is 5.62. The Morgan fingerprint density at radius 3 is 2.27 bits per heavy atom. The summed E-state index contributed by atoms with van der Waals surface area (Å²) < 4.78 is 10.7. The third-order valence-corrected chi connectivity index (χ3v) is 3.72. The van der Waals surface area contributed by atoms with Gasteiger partial charge in [-0.3, -0.25) is 9.59 Å². The van der Waals surface area contributed by atoms with Gasteiger partial charge in [-0.1, -0.05) is 30.3 Å². The third-order valence-electron chi connectivity index (χ3n) is 3.72. The first-order valence-corrected chi connectivity index (χ1v) is 8.44. The molecule has 6 nitrogen and oxygen atoms in total. The average Bonchev–Trinajstić information content (AvgIpc) is 2.65. The van der Waals surface area contributed by atoms with E-state index in [2.05, 4.69) is 10.6 Å². The van der Waals surface area contributed by atoms with Crippen LogP contribution in [0.3, 0.4) is 0 Å². The lowest BCUT2D eigenvalue weighted by molar-refractivity contribution is -0.122. The van der Waals surface area contributed by atoms with Crippen molar-refractivity contribution in [3.63, 3.8) is 0 Å². The van der Waals surface area contributed by atoms with Crippen LogP contribution in [0.5, 0.6) is 11.5 Å². The van der Waals surface area contributed by atoms with Gasteiger partial charge in [0.05, 0.1) is 26.1 Å². The Morgan fingerprint density at radius 1 is 1.00 bits per heavy atom. The largest absolute Gasteiger partial charge is 0.497 e. The fraction of sp³-hybridized carbons (Fsp3) is 0.300. The van der Waals surface area contributed by atoms with Crippen LogP contribution in [0, 0.1) is 0 Å². The van der Waals surface area contributed by atoms with Gasteiger partial charge in [0.15, 0.2) is 0 Å². The standard InChI is InChI=1S/C20H24N2O4/c1-15(23)22-19(16-6-4-3-5-7-16)14-20(24)21-12-13-26-18-10-8-17(25-2)9-11-18/h3-11,19H,12-14H2,1-2H3,(H,21,24)(H,22,23)/t19-/m0/s1. The van der Waals surface area contributed by atoms with Gasteiger partial charge >= 0.3 is 0 Å². The number of nitrogens with one attached hydrogen (secondary N) is 2. The van der Waals surface area contributed by atoms with E-state index in [4.69, 9.17) is 9.47 Å². The topological polar surface area (TPSA) is 76.7 Å². The van der Waals surface area contributed by atoms with Gasteiger partial charge in [-0.15, -0.1) is 0 Å². The molecular formula is C20H24N2O4. The van der Waals surface area contributed by atoms with Gasteiger partial charge in [0.2, 0.25) is 11.8 Å². The van der Waals surface area contributed by atoms with Crippen LogP contribution in [0.2, 0.25) is 0 Å².